The van der Waals surface area contributed by atoms with Crippen LogP contribution in [0.3, 0.4) is 0 Å². The maximum atomic E-state index is 5.43. The van der Waals surface area contributed by atoms with Gasteiger partial charge < -0.3 is 0 Å². The monoisotopic (exact) mass is 465 g/mol. The summed E-state index contributed by atoms with van der Waals surface area (Å²) in [5, 5.41) is 7.48. The third-order valence-corrected chi connectivity index (χ3v) is 11.9. The van der Waals surface area contributed by atoms with Crippen molar-refractivity contribution in [2.45, 2.75) is 54.1 Å². The van der Waals surface area contributed by atoms with Crippen molar-refractivity contribution < 1.29 is 25.5 Å². The van der Waals surface area contributed by atoms with E-state index in [1.807, 2.05) is 0 Å². The first-order chi connectivity index (χ1) is 8.85. The van der Waals surface area contributed by atoms with Gasteiger partial charge in [0.05, 0.1) is 0 Å². The van der Waals surface area contributed by atoms with Crippen LogP contribution in [0.2, 0.25) is 21.5 Å². The SMILES string of the molecule is CCC([SiH2]C(OC)OC)C1=CC[C]([Pt]([CH3])([CH3])[CH3])=C1C. The normalized spacial score (nSPS) is 19.7. The minimum absolute atomic E-state index is 0.0539. The number of allylic oxidation sites excluding steroid dienone is 4. The predicted molar refractivity (Wildman–Crippen MR) is 83.4 cm³/mol. The number of hydrogen-bond donors (Lipinski definition) is 0. The van der Waals surface area contributed by atoms with Gasteiger partial charge in [0.1, 0.15) is 0 Å². The Labute approximate surface area is 124 Å². The van der Waals surface area contributed by atoms with E-state index in [1.54, 1.807) is 29.3 Å². The Morgan fingerprint density at radius 2 is 1.84 bits per heavy atom. The summed E-state index contributed by atoms with van der Waals surface area (Å²) < 4.78 is 12.6. The molecule has 1 rings (SSSR count). The summed E-state index contributed by atoms with van der Waals surface area (Å²) in [7, 11) is 3.10. The second-order valence-electron chi connectivity index (χ2n) is 5.52. The average Bonchev–Trinajstić information content (AvgIpc) is 2.73. The van der Waals surface area contributed by atoms with Crippen LogP contribution in [0.5, 0.6) is 0 Å². The third kappa shape index (κ3) is 4.39. The van der Waals surface area contributed by atoms with Crippen LogP contribution >= 0.6 is 0 Å². The van der Waals surface area contributed by atoms with E-state index in [4.69, 9.17) is 9.47 Å². The molecule has 0 radical (unpaired) electrons. The van der Waals surface area contributed by atoms with Crippen molar-refractivity contribution in [2.24, 2.45) is 0 Å². The summed E-state index contributed by atoms with van der Waals surface area (Å²) in [6, 6.07) is 0. The van der Waals surface area contributed by atoms with Gasteiger partial charge in [-0.2, -0.15) is 0 Å². The topological polar surface area (TPSA) is 18.5 Å². The second-order valence-corrected chi connectivity index (χ2v) is 19.2. The van der Waals surface area contributed by atoms with Crippen molar-refractivity contribution in [3.8, 4) is 0 Å². The van der Waals surface area contributed by atoms with E-state index in [2.05, 4.69) is 35.9 Å². The molecule has 0 aromatic rings. The molecule has 0 amide bonds. The van der Waals surface area contributed by atoms with Crippen molar-refractivity contribution in [2.75, 3.05) is 14.2 Å². The maximum absolute atomic E-state index is 5.43. The van der Waals surface area contributed by atoms with E-state index < -0.39 is 25.6 Å². The molecule has 1 aliphatic carbocycles. The summed E-state index contributed by atoms with van der Waals surface area (Å²) in [5.74, 6) is 0.0539. The number of hydrogen-bond acceptors (Lipinski definition) is 2. The Kier molecular flexibility index (Phi) is 6.72. The Hall–Kier alpha value is 0.305. The molecule has 0 aliphatic heterocycles. The summed E-state index contributed by atoms with van der Waals surface area (Å²) >= 11 is -1.60. The molecule has 0 aromatic heterocycles. The summed E-state index contributed by atoms with van der Waals surface area (Å²) in [6.07, 6.45) is 4.91. The van der Waals surface area contributed by atoms with Gasteiger partial charge in [-0.3, -0.25) is 0 Å². The molecule has 1 atom stereocenters. The molecule has 0 saturated heterocycles. The van der Waals surface area contributed by atoms with Gasteiger partial charge >= 0.3 is 125 Å². The van der Waals surface area contributed by atoms with E-state index in [1.165, 1.54) is 12.8 Å². The van der Waals surface area contributed by atoms with Crippen LogP contribution < -0.4 is 0 Å². The Morgan fingerprint density at radius 1 is 1.26 bits per heavy atom. The van der Waals surface area contributed by atoms with Gasteiger partial charge in [-0.25, -0.2) is 0 Å². The minimum atomic E-state index is -1.60. The molecular formula is C15H30O2PtSi. The summed E-state index contributed by atoms with van der Waals surface area (Å²) in [5.41, 5.74) is 3.92. The molecule has 0 N–H and O–H groups in total. The Bertz CT molecular complexity index is 365. The van der Waals surface area contributed by atoms with Gasteiger partial charge in [0.15, 0.2) is 0 Å². The molecule has 0 fully saturated rings. The van der Waals surface area contributed by atoms with Gasteiger partial charge in [-0.1, -0.05) is 0 Å². The van der Waals surface area contributed by atoms with Gasteiger partial charge in [-0.15, -0.1) is 0 Å². The van der Waals surface area contributed by atoms with Crippen LogP contribution in [0.1, 0.15) is 26.7 Å². The Balaban J connectivity index is 2.87. The molecule has 0 bridgehead atoms. The van der Waals surface area contributed by atoms with E-state index in [9.17, 15) is 0 Å². The van der Waals surface area contributed by atoms with Crippen molar-refractivity contribution in [1.29, 1.82) is 0 Å². The van der Waals surface area contributed by atoms with Crippen LogP contribution in [0, 0.1) is 0 Å². The van der Waals surface area contributed by atoms with Crippen LogP contribution in [-0.4, -0.2) is 29.7 Å². The van der Waals surface area contributed by atoms with Crippen molar-refractivity contribution in [1.82, 2.24) is 0 Å². The summed E-state index contributed by atoms with van der Waals surface area (Å²) in [6.45, 7) is 4.64. The first-order valence-electron chi connectivity index (χ1n) is 6.67. The van der Waals surface area contributed by atoms with Crippen molar-refractivity contribution in [3.63, 3.8) is 0 Å². The second kappa shape index (κ2) is 7.35. The van der Waals surface area contributed by atoms with Crippen LogP contribution in [0.25, 0.3) is 0 Å². The quantitative estimate of drug-likeness (QED) is 0.420. The molecule has 19 heavy (non-hydrogen) atoms. The van der Waals surface area contributed by atoms with Crippen LogP contribution in [0.15, 0.2) is 21.2 Å². The van der Waals surface area contributed by atoms with Crippen molar-refractivity contribution >= 4 is 9.52 Å². The zero-order chi connectivity index (χ0) is 14.6. The molecule has 4 heteroatoms. The van der Waals surface area contributed by atoms with E-state index in [0.717, 1.165) is 0 Å². The molecule has 2 nitrogen and oxygen atoms in total. The molecule has 116 valence electrons. The first kappa shape index (κ1) is 17.4. The average molecular weight is 466 g/mol. The van der Waals surface area contributed by atoms with Gasteiger partial charge in [-0.05, 0) is 0 Å². The summed E-state index contributed by atoms with van der Waals surface area (Å²) in [4.78, 5) is 0. The zero-order valence-corrected chi connectivity index (χ0v) is 17.2. The molecule has 1 unspecified atom stereocenters. The molecule has 1 aliphatic rings. The fourth-order valence-corrected chi connectivity index (χ4v) is 9.12. The fourth-order valence-electron chi connectivity index (χ4n) is 2.70. The van der Waals surface area contributed by atoms with Crippen LogP contribution in [0.4, 0.5) is 0 Å². The molecule has 0 heterocycles. The Morgan fingerprint density at radius 3 is 2.21 bits per heavy atom. The number of rotatable bonds is 7. The molecular weight excluding hydrogens is 435 g/mol. The van der Waals surface area contributed by atoms with Gasteiger partial charge in [0.25, 0.3) is 0 Å². The third-order valence-electron chi connectivity index (χ3n) is 3.81. The van der Waals surface area contributed by atoms with E-state index in [0.29, 0.717) is 5.54 Å². The molecule has 0 spiro atoms. The van der Waals surface area contributed by atoms with E-state index in [-0.39, 0.29) is 5.91 Å². The molecule has 0 aromatic carbocycles. The van der Waals surface area contributed by atoms with Gasteiger partial charge in [0.2, 0.25) is 0 Å². The zero-order valence-electron chi connectivity index (χ0n) is 13.5. The fraction of sp³-hybridized carbons (Fsp3) is 0.733. The predicted octanol–water partition coefficient (Wildman–Crippen LogP) is 3.83. The van der Waals surface area contributed by atoms with Crippen molar-refractivity contribution in [3.05, 3.63) is 21.2 Å². The van der Waals surface area contributed by atoms with E-state index >= 15 is 0 Å². The number of methoxy groups -OCH3 is 2. The van der Waals surface area contributed by atoms with Crippen LogP contribution in [-0.2, 0) is 25.5 Å². The standard InChI is InChI=1S/C12H21O2Si.3CH3.Pt/c1-5-11(15-12(13-3)14-4)10-8-6-7-9(10)2;;;;/h8,11-12H,5-6,15H2,1-4H3;3*1H3;. The van der Waals surface area contributed by atoms with Gasteiger partial charge in [0, 0.05) is 0 Å². The number of ether oxygens (including phenoxy) is 2. The first-order valence-corrected chi connectivity index (χ1v) is 16.3. The molecule has 0 saturated carbocycles.